The van der Waals surface area contributed by atoms with Crippen molar-refractivity contribution in [2.24, 2.45) is 0 Å². The van der Waals surface area contributed by atoms with Crippen LogP contribution in [-0.2, 0) is 11.2 Å². The molecule has 2 rings (SSSR count). The van der Waals surface area contributed by atoms with Gasteiger partial charge in [0.2, 0.25) is 0 Å². The number of aromatic nitrogens is 2. The zero-order chi connectivity index (χ0) is 13.1. The van der Waals surface area contributed by atoms with Crippen LogP contribution in [-0.4, -0.2) is 28.5 Å². The van der Waals surface area contributed by atoms with E-state index >= 15 is 0 Å². The number of benzene rings is 1. The van der Waals surface area contributed by atoms with Crippen LogP contribution in [0.25, 0.3) is 11.5 Å². The molecule has 0 saturated carbocycles. The van der Waals surface area contributed by atoms with Crippen molar-refractivity contribution in [3.8, 4) is 17.2 Å². The number of ether oxygens (including phenoxy) is 1. The van der Waals surface area contributed by atoms with Gasteiger partial charge in [0.15, 0.2) is 5.82 Å². The second-order valence-corrected chi connectivity index (χ2v) is 4.27. The maximum absolute atomic E-state index is 9.46. The molecule has 1 atom stereocenters. The molecule has 96 valence electrons. The highest BCUT2D eigenvalue weighted by molar-refractivity contribution is 5.56. The quantitative estimate of drug-likeness (QED) is 0.899. The zero-order valence-electron chi connectivity index (χ0n) is 10.7. The van der Waals surface area contributed by atoms with Crippen LogP contribution < -0.4 is 0 Å². The molecule has 0 fully saturated rings. The summed E-state index contributed by atoms with van der Waals surface area (Å²) in [5.41, 5.74) is 1.58. The van der Waals surface area contributed by atoms with Gasteiger partial charge in [-0.05, 0) is 37.6 Å². The summed E-state index contributed by atoms with van der Waals surface area (Å²) in [4.78, 5) is 4.30. The highest BCUT2D eigenvalue weighted by atomic mass is 16.5. The SMILES string of the molecule is COC(C)Cc1noc(-c2ccc(O)c(C)c2)n1. The molecule has 5 nitrogen and oxygen atoms in total. The lowest BCUT2D eigenvalue weighted by molar-refractivity contribution is 0.116. The first-order chi connectivity index (χ1) is 8.60. The first-order valence-electron chi connectivity index (χ1n) is 5.75. The summed E-state index contributed by atoms with van der Waals surface area (Å²) in [5.74, 6) is 1.33. The minimum absolute atomic E-state index is 0.0528. The first kappa shape index (κ1) is 12.6. The van der Waals surface area contributed by atoms with Crippen molar-refractivity contribution in [3.05, 3.63) is 29.6 Å². The third-order valence-electron chi connectivity index (χ3n) is 2.78. The van der Waals surface area contributed by atoms with Gasteiger partial charge >= 0.3 is 0 Å². The summed E-state index contributed by atoms with van der Waals surface area (Å²) in [5, 5.41) is 13.4. The van der Waals surface area contributed by atoms with E-state index in [1.807, 2.05) is 19.9 Å². The molecule has 0 saturated heterocycles. The van der Waals surface area contributed by atoms with Gasteiger partial charge in [-0.2, -0.15) is 4.98 Å². The first-order valence-corrected chi connectivity index (χ1v) is 5.75. The molecule has 0 amide bonds. The average molecular weight is 248 g/mol. The van der Waals surface area contributed by atoms with Crippen molar-refractivity contribution in [3.63, 3.8) is 0 Å². The minimum Gasteiger partial charge on any atom is -0.508 e. The van der Waals surface area contributed by atoms with Gasteiger partial charge in [0.25, 0.3) is 5.89 Å². The molecule has 0 radical (unpaired) electrons. The smallest absolute Gasteiger partial charge is 0.257 e. The van der Waals surface area contributed by atoms with Gasteiger partial charge in [-0.25, -0.2) is 0 Å². The van der Waals surface area contributed by atoms with Crippen LogP contribution >= 0.6 is 0 Å². The van der Waals surface area contributed by atoms with Crippen LogP contribution in [0.2, 0.25) is 0 Å². The Morgan fingerprint density at radius 2 is 2.22 bits per heavy atom. The molecule has 1 heterocycles. The van der Waals surface area contributed by atoms with Crippen molar-refractivity contribution < 1.29 is 14.4 Å². The predicted octanol–water partition coefficient (Wildman–Crippen LogP) is 2.33. The van der Waals surface area contributed by atoms with Crippen LogP contribution in [0.15, 0.2) is 22.7 Å². The van der Waals surface area contributed by atoms with E-state index in [4.69, 9.17) is 9.26 Å². The van der Waals surface area contributed by atoms with Crippen LogP contribution in [0, 0.1) is 6.92 Å². The van der Waals surface area contributed by atoms with Gasteiger partial charge in [0, 0.05) is 19.1 Å². The second-order valence-electron chi connectivity index (χ2n) is 4.27. The Kier molecular flexibility index (Phi) is 3.62. The Hall–Kier alpha value is -1.88. The fourth-order valence-corrected chi connectivity index (χ4v) is 1.58. The number of phenolic OH excluding ortho intramolecular Hbond substituents is 1. The molecule has 1 N–H and O–H groups in total. The van der Waals surface area contributed by atoms with E-state index in [1.54, 1.807) is 19.2 Å². The predicted molar refractivity (Wildman–Crippen MR) is 66.3 cm³/mol. The number of nitrogens with zero attached hydrogens (tertiary/aromatic N) is 2. The standard InChI is InChI=1S/C13H16N2O3/c1-8-6-10(4-5-11(8)16)13-14-12(15-18-13)7-9(2)17-3/h4-6,9,16H,7H2,1-3H3. The van der Waals surface area contributed by atoms with E-state index in [-0.39, 0.29) is 11.9 Å². The third kappa shape index (κ3) is 2.68. The van der Waals surface area contributed by atoms with Crippen molar-refractivity contribution in [2.75, 3.05) is 7.11 Å². The molecular weight excluding hydrogens is 232 g/mol. The molecule has 1 unspecified atom stereocenters. The van der Waals surface area contributed by atoms with Gasteiger partial charge < -0.3 is 14.4 Å². The monoisotopic (exact) mass is 248 g/mol. The molecule has 18 heavy (non-hydrogen) atoms. The lowest BCUT2D eigenvalue weighted by atomic mass is 10.1. The Labute approximate surface area is 105 Å². The fourth-order valence-electron chi connectivity index (χ4n) is 1.58. The summed E-state index contributed by atoms with van der Waals surface area (Å²) < 4.78 is 10.3. The fraction of sp³-hybridized carbons (Fsp3) is 0.385. The summed E-state index contributed by atoms with van der Waals surface area (Å²) in [7, 11) is 1.65. The van der Waals surface area contributed by atoms with Crippen molar-refractivity contribution in [2.45, 2.75) is 26.4 Å². The third-order valence-corrected chi connectivity index (χ3v) is 2.78. The Morgan fingerprint density at radius 1 is 1.44 bits per heavy atom. The van der Waals surface area contributed by atoms with E-state index in [0.717, 1.165) is 11.1 Å². The van der Waals surface area contributed by atoms with Crippen LogP contribution in [0.5, 0.6) is 5.75 Å². The Bertz CT molecular complexity index is 537. The molecule has 2 aromatic rings. The summed E-state index contributed by atoms with van der Waals surface area (Å²) in [6.07, 6.45) is 0.661. The largest absolute Gasteiger partial charge is 0.508 e. The number of phenols is 1. The number of aryl methyl sites for hydroxylation is 1. The molecule has 0 spiro atoms. The van der Waals surface area contributed by atoms with Crippen molar-refractivity contribution >= 4 is 0 Å². The van der Waals surface area contributed by atoms with Crippen molar-refractivity contribution in [1.29, 1.82) is 0 Å². The molecule has 0 aliphatic heterocycles. The summed E-state index contributed by atoms with van der Waals surface area (Å²) >= 11 is 0. The van der Waals surface area contributed by atoms with E-state index in [0.29, 0.717) is 18.1 Å². The van der Waals surface area contributed by atoms with E-state index < -0.39 is 0 Å². The highest BCUT2D eigenvalue weighted by Crippen LogP contribution is 2.24. The summed E-state index contributed by atoms with van der Waals surface area (Å²) in [6.45, 7) is 3.77. The number of methoxy groups -OCH3 is 1. The molecule has 0 aliphatic rings. The molecule has 0 aliphatic carbocycles. The van der Waals surface area contributed by atoms with Gasteiger partial charge in [-0.1, -0.05) is 5.16 Å². The molecular formula is C13H16N2O3. The second kappa shape index (κ2) is 5.18. The maximum atomic E-state index is 9.46. The minimum atomic E-state index is 0.0528. The zero-order valence-corrected chi connectivity index (χ0v) is 10.7. The maximum Gasteiger partial charge on any atom is 0.257 e. The average Bonchev–Trinajstić information content (AvgIpc) is 2.81. The van der Waals surface area contributed by atoms with E-state index in [2.05, 4.69) is 10.1 Å². The van der Waals surface area contributed by atoms with Crippen molar-refractivity contribution in [1.82, 2.24) is 10.1 Å². The van der Waals surface area contributed by atoms with Crippen LogP contribution in [0.4, 0.5) is 0 Å². The van der Waals surface area contributed by atoms with Crippen LogP contribution in [0.1, 0.15) is 18.3 Å². The molecule has 1 aromatic heterocycles. The Balaban J connectivity index is 2.21. The van der Waals surface area contributed by atoms with E-state index in [1.165, 1.54) is 0 Å². The topological polar surface area (TPSA) is 68.4 Å². The lowest BCUT2D eigenvalue weighted by Gasteiger charge is -2.04. The lowest BCUT2D eigenvalue weighted by Crippen LogP contribution is -2.09. The number of hydrogen-bond donors (Lipinski definition) is 1. The van der Waals surface area contributed by atoms with E-state index in [9.17, 15) is 5.11 Å². The normalized spacial score (nSPS) is 12.6. The Morgan fingerprint density at radius 3 is 2.89 bits per heavy atom. The molecule has 5 heteroatoms. The van der Waals surface area contributed by atoms with Gasteiger partial charge in [-0.3, -0.25) is 0 Å². The number of rotatable bonds is 4. The van der Waals surface area contributed by atoms with Gasteiger partial charge in [-0.15, -0.1) is 0 Å². The summed E-state index contributed by atoms with van der Waals surface area (Å²) in [6, 6.07) is 5.18. The van der Waals surface area contributed by atoms with Gasteiger partial charge in [0.05, 0.1) is 6.10 Å². The number of aromatic hydroxyl groups is 1. The highest BCUT2D eigenvalue weighted by Gasteiger charge is 2.12. The van der Waals surface area contributed by atoms with Crippen LogP contribution in [0.3, 0.4) is 0 Å². The molecule has 0 bridgehead atoms. The van der Waals surface area contributed by atoms with Gasteiger partial charge in [0.1, 0.15) is 5.75 Å². The number of hydrogen-bond acceptors (Lipinski definition) is 5. The molecule has 1 aromatic carbocycles.